The Labute approximate surface area is 205 Å². The van der Waals surface area contributed by atoms with Crippen LogP contribution in [-0.2, 0) is 20.0 Å². The number of aromatic nitrogens is 3. The maximum Gasteiger partial charge on any atom is 0.156 e. The number of nitrogens with zero attached hydrogens (tertiary/aromatic N) is 3. The standard InChI is InChI=1S/C28H34N4OS/c1-31-24-12-15-34-27(24)16-25(31)28-30-18-26(22-5-2-6-22)32(28)14-3-4-20-7-9-23(10-8-20)33-19-21-11-13-29-17-21/h7-10,12,15-16,18,21-22,29H,2-6,11,13-14,17,19H2,1H3/t21-/m1/s1. The predicted molar refractivity (Wildman–Crippen MR) is 140 cm³/mol. The minimum absolute atomic E-state index is 0.647. The summed E-state index contributed by atoms with van der Waals surface area (Å²) in [6.45, 7) is 4.03. The first kappa shape index (κ1) is 21.9. The molecule has 4 heterocycles. The Hall–Kier alpha value is -2.57. The van der Waals surface area contributed by atoms with Crippen LogP contribution in [-0.4, -0.2) is 33.8 Å². The van der Waals surface area contributed by atoms with Crippen LogP contribution in [0.2, 0.25) is 0 Å². The molecule has 1 atom stereocenters. The molecule has 1 aliphatic heterocycles. The second-order valence-corrected chi connectivity index (χ2v) is 10.9. The second-order valence-electron chi connectivity index (χ2n) is 9.96. The monoisotopic (exact) mass is 474 g/mol. The fraction of sp³-hybridized carbons (Fsp3) is 0.464. The summed E-state index contributed by atoms with van der Waals surface area (Å²) in [4.78, 5) is 4.94. The van der Waals surface area contributed by atoms with E-state index in [9.17, 15) is 0 Å². The molecular weight excluding hydrogens is 440 g/mol. The van der Waals surface area contributed by atoms with Gasteiger partial charge < -0.3 is 19.2 Å². The summed E-state index contributed by atoms with van der Waals surface area (Å²) < 4.78 is 12.2. The van der Waals surface area contributed by atoms with E-state index in [-0.39, 0.29) is 0 Å². The van der Waals surface area contributed by atoms with Crippen LogP contribution in [0.3, 0.4) is 0 Å². The van der Waals surface area contributed by atoms with Crippen molar-refractivity contribution in [3.8, 4) is 17.3 Å². The van der Waals surface area contributed by atoms with Crippen LogP contribution in [0.1, 0.15) is 49.3 Å². The van der Waals surface area contributed by atoms with Gasteiger partial charge in [0.15, 0.2) is 5.82 Å². The third kappa shape index (κ3) is 4.29. The second kappa shape index (κ2) is 9.59. The van der Waals surface area contributed by atoms with Gasteiger partial charge in [0.2, 0.25) is 0 Å². The number of thiophene rings is 1. The van der Waals surface area contributed by atoms with Gasteiger partial charge in [-0.15, -0.1) is 11.3 Å². The van der Waals surface area contributed by atoms with Gasteiger partial charge in [-0.3, -0.25) is 0 Å². The number of aryl methyl sites for hydroxylation is 2. The summed E-state index contributed by atoms with van der Waals surface area (Å²) in [6, 6.07) is 13.3. The maximum absolute atomic E-state index is 6.01. The van der Waals surface area contributed by atoms with E-state index in [1.54, 1.807) is 0 Å². The Morgan fingerprint density at radius 1 is 1.15 bits per heavy atom. The minimum atomic E-state index is 0.647. The molecule has 1 N–H and O–H groups in total. The normalized spacial score (nSPS) is 18.6. The molecule has 0 amide bonds. The molecule has 0 spiro atoms. The summed E-state index contributed by atoms with van der Waals surface area (Å²) in [7, 11) is 2.17. The number of imidazole rings is 1. The third-order valence-electron chi connectivity index (χ3n) is 7.72. The quantitative estimate of drug-likeness (QED) is 0.324. The van der Waals surface area contributed by atoms with Crippen LogP contribution in [0.15, 0.2) is 48.0 Å². The van der Waals surface area contributed by atoms with Crippen LogP contribution >= 0.6 is 11.3 Å². The van der Waals surface area contributed by atoms with E-state index in [1.807, 2.05) is 11.3 Å². The predicted octanol–water partition coefficient (Wildman–Crippen LogP) is 5.99. The zero-order valence-electron chi connectivity index (χ0n) is 20.0. The molecule has 1 saturated heterocycles. The fourth-order valence-electron chi connectivity index (χ4n) is 5.39. The molecule has 0 bridgehead atoms. The highest BCUT2D eigenvalue weighted by molar-refractivity contribution is 7.17. The summed E-state index contributed by atoms with van der Waals surface area (Å²) in [5.74, 6) is 3.43. The van der Waals surface area contributed by atoms with Crippen LogP contribution in [0.5, 0.6) is 5.75 Å². The van der Waals surface area contributed by atoms with E-state index < -0.39 is 0 Å². The largest absolute Gasteiger partial charge is 0.493 e. The average molecular weight is 475 g/mol. The maximum atomic E-state index is 6.01. The lowest BCUT2D eigenvalue weighted by Gasteiger charge is -2.27. The molecule has 4 aromatic rings. The highest BCUT2D eigenvalue weighted by Gasteiger charge is 2.26. The zero-order valence-corrected chi connectivity index (χ0v) is 20.8. The van der Waals surface area contributed by atoms with Crippen molar-refractivity contribution in [1.29, 1.82) is 0 Å². The fourth-order valence-corrected chi connectivity index (χ4v) is 6.24. The van der Waals surface area contributed by atoms with Crippen molar-refractivity contribution in [2.45, 2.75) is 51.0 Å². The molecule has 0 radical (unpaired) electrons. The molecule has 6 heteroatoms. The topological polar surface area (TPSA) is 44.0 Å². The molecule has 1 aliphatic carbocycles. The zero-order chi connectivity index (χ0) is 22.9. The van der Waals surface area contributed by atoms with E-state index >= 15 is 0 Å². The molecule has 6 rings (SSSR count). The first-order valence-corrected chi connectivity index (χ1v) is 13.7. The van der Waals surface area contributed by atoms with Crippen LogP contribution in [0.4, 0.5) is 0 Å². The molecule has 178 valence electrons. The molecule has 1 aromatic carbocycles. The van der Waals surface area contributed by atoms with Gasteiger partial charge in [0.25, 0.3) is 0 Å². The smallest absolute Gasteiger partial charge is 0.156 e. The van der Waals surface area contributed by atoms with E-state index in [0.29, 0.717) is 11.8 Å². The molecular formula is C28H34N4OS. The van der Waals surface area contributed by atoms with Crippen LogP contribution in [0.25, 0.3) is 21.7 Å². The summed E-state index contributed by atoms with van der Waals surface area (Å²) in [5.41, 5.74) is 5.33. The van der Waals surface area contributed by atoms with Crippen molar-refractivity contribution in [3.63, 3.8) is 0 Å². The summed E-state index contributed by atoms with van der Waals surface area (Å²) >= 11 is 1.81. The molecule has 0 unspecified atom stereocenters. The highest BCUT2D eigenvalue weighted by Crippen LogP contribution is 2.39. The van der Waals surface area contributed by atoms with Gasteiger partial charge in [-0.1, -0.05) is 18.6 Å². The molecule has 34 heavy (non-hydrogen) atoms. The first-order chi connectivity index (χ1) is 16.8. The van der Waals surface area contributed by atoms with Crippen molar-refractivity contribution in [2.24, 2.45) is 13.0 Å². The lowest BCUT2D eigenvalue weighted by atomic mass is 9.83. The highest BCUT2D eigenvalue weighted by atomic mass is 32.1. The van der Waals surface area contributed by atoms with Crippen LogP contribution in [0, 0.1) is 5.92 Å². The number of hydrogen-bond acceptors (Lipinski definition) is 4. The number of benzene rings is 1. The molecule has 3 aromatic heterocycles. The number of ether oxygens (including phenoxy) is 1. The Bertz CT molecular complexity index is 1240. The van der Waals surface area contributed by atoms with Crippen molar-refractivity contribution >= 4 is 21.6 Å². The molecule has 1 saturated carbocycles. The van der Waals surface area contributed by atoms with Gasteiger partial charge in [0.1, 0.15) is 5.75 Å². The van der Waals surface area contributed by atoms with Gasteiger partial charge in [-0.05, 0) is 73.9 Å². The minimum Gasteiger partial charge on any atom is -0.493 e. The first-order valence-electron chi connectivity index (χ1n) is 12.8. The van der Waals surface area contributed by atoms with Gasteiger partial charge >= 0.3 is 0 Å². The Balaban J connectivity index is 1.14. The molecule has 2 aliphatic rings. The Morgan fingerprint density at radius 3 is 2.76 bits per heavy atom. The van der Waals surface area contributed by atoms with Crippen LogP contribution < -0.4 is 10.1 Å². The van der Waals surface area contributed by atoms with E-state index in [0.717, 1.165) is 50.7 Å². The number of nitrogens with one attached hydrogen (secondary N) is 1. The lowest BCUT2D eigenvalue weighted by molar-refractivity contribution is 0.260. The van der Waals surface area contributed by atoms with Crippen molar-refractivity contribution in [1.82, 2.24) is 19.4 Å². The van der Waals surface area contributed by atoms with Gasteiger partial charge in [-0.2, -0.15) is 0 Å². The Morgan fingerprint density at radius 2 is 2.03 bits per heavy atom. The molecule has 5 nitrogen and oxygen atoms in total. The van der Waals surface area contributed by atoms with Gasteiger partial charge in [0.05, 0.1) is 22.5 Å². The Kier molecular flexibility index (Phi) is 6.18. The average Bonchev–Trinajstić information content (AvgIpc) is 3.60. The number of rotatable bonds is 9. The van der Waals surface area contributed by atoms with E-state index in [4.69, 9.17) is 9.72 Å². The number of fused-ring (bicyclic) bond motifs is 1. The van der Waals surface area contributed by atoms with Crippen molar-refractivity contribution in [2.75, 3.05) is 19.7 Å². The van der Waals surface area contributed by atoms with E-state index in [2.05, 4.69) is 69.5 Å². The number of hydrogen-bond donors (Lipinski definition) is 1. The SMILES string of the molecule is Cn1c(-c2ncc(C3CCC3)n2CCCc2ccc(OC[C@@H]3CCNC3)cc2)cc2sccc21. The van der Waals surface area contributed by atoms with E-state index in [1.165, 1.54) is 52.9 Å². The molecule has 2 fully saturated rings. The summed E-state index contributed by atoms with van der Waals surface area (Å²) in [6.07, 6.45) is 9.48. The third-order valence-corrected chi connectivity index (χ3v) is 8.57. The lowest BCUT2D eigenvalue weighted by Crippen LogP contribution is -2.16. The summed E-state index contributed by atoms with van der Waals surface area (Å²) in [5, 5.41) is 5.58. The van der Waals surface area contributed by atoms with Crippen molar-refractivity contribution < 1.29 is 4.74 Å². The van der Waals surface area contributed by atoms with Crippen molar-refractivity contribution in [3.05, 3.63) is 59.2 Å². The van der Waals surface area contributed by atoms with Gasteiger partial charge in [-0.25, -0.2) is 4.98 Å². The van der Waals surface area contributed by atoms with Gasteiger partial charge in [0, 0.05) is 43.9 Å².